The van der Waals surface area contributed by atoms with Crippen LogP contribution in [0.25, 0.3) is 22.3 Å². The normalized spacial score (nSPS) is 12.2. The number of ether oxygens (including phenoxy) is 2. The van der Waals surface area contributed by atoms with Gasteiger partial charge in [-0.2, -0.15) is 24.3 Å². The van der Waals surface area contributed by atoms with Crippen LogP contribution in [0.4, 0.5) is 0 Å². The van der Waals surface area contributed by atoms with Crippen LogP contribution in [0, 0.1) is 24.3 Å². The van der Waals surface area contributed by atoms with E-state index in [1.165, 1.54) is 44.5 Å². The molecule has 4 aliphatic carbocycles. The van der Waals surface area contributed by atoms with Gasteiger partial charge >= 0.3 is 52.4 Å². The Morgan fingerprint density at radius 1 is 0.523 bits per heavy atom. The molecule has 6 heteroatoms. The molecule has 8 rings (SSSR count). The Morgan fingerprint density at radius 3 is 1.25 bits per heavy atom. The molecule has 0 fully saturated rings. The minimum atomic E-state index is 0. The van der Waals surface area contributed by atoms with Gasteiger partial charge in [-0.05, 0) is 12.8 Å². The van der Waals surface area contributed by atoms with E-state index in [2.05, 4.69) is 97.1 Å². The van der Waals surface area contributed by atoms with Crippen LogP contribution in [0.2, 0.25) is 0 Å². The van der Waals surface area contributed by atoms with Crippen molar-refractivity contribution in [2.75, 3.05) is 14.2 Å². The van der Waals surface area contributed by atoms with Crippen LogP contribution in [0.5, 0.6) is 11.5 Å². The molecule has 0 unspecified atom stereocenters. The van der Waals surface area contributed by atoms with E-state index in [0.717, 1.165) is 37.2 Å². The van der Waals surface area contributed by atoms with Crippen molar-refractivity contribution in [3.63, 3.8) is 0 Å². The van der Waals surface area contributed by atoms with E-state index in [9.17, 15) is 0 Å². The van der Waals surface area contributed by atoms with Crippen molar-refractivity contribution in [2.24, 2.45) is 0 Å². The minimum Gasteiger partial charge on any atom is -1.00 e. The second kappa shape index (κ2) is 20.7. The average Bonchev–Trinajstić information content (AvgIpc) is 3.84. The van der Waals surface area contributed by atoms with E-state index < -0.39 is 0 Å². The third-order valence-corrected chi connectivity index (χ3v) is 6.96. The summed E-state index contributed by atoms with van der Waals surface area (Å²) in [6, 6.07) is 31.8. The number of fused-ring (bicyclic) bond motifs is 6. The van der Waals surface area contributed by atoms with Crippen LogP contribution in [0.3, 0.4) is 0 Å². The van der Waals surface area contributed by atoms with Gasteiger partial charge < -0.3 is 34.3 Å². The Bertz CT molecular complexity index is 1450. The molecule has 0 atom stereocenters. The van der Waals surface area contributed by atoms with Gasteiger partial charge in [0.1, 0.15) is 0 Å². The molecule has 0 amide bonds. The van der Waals surface area contributed by atoms with Crippen LogP contribution in [0.1, 0.15) is 35.1 Å². The fourth-order valence-electron chi connectivity index (χ4n) is 4.99. The number of rotatable bonds is 2. The van der Waals surface area contributed by atoms with E-state index in [4.69, 9.17) is 9.47 Å². The quantitative estimate of drug-likeness (QED) is 0.253. The summed E-state index contributed by atoms with van der Waals surface area (Å²) in [5.74, 6) is 1.64. The molecule has 0 aliphatic heterocycles. The summed E-state index contributed by atoms with van der Waals surface area (Å²) in [6.45, 7) is 0. The SMILES string of the molecule is COc1[c-]c2c(cc1)-c1ccccc1C2.COc1[c-]c2c(cc1)-c1ccccc1C2.[C-]1=CC=CC1.[C-]1=CC=CC1.[Cl-].[Cl-].[Zr+2].[Zr+2]. The molecule has 0 saturated heterocycles. The Kier molecular flexibility index (Phi) is 18.8. The molecule has 0 N–H and O–H groups in total. The molecule has 220 valence electrons. The number of hydrogen-bond donors (Lipinski definition) is 0. The summed E-state index contributed by atoms with van der Waals surface area (Å²) in [5, 5.41) is 0. The van der Waals surface area contributed by atoms with Crippen molar-refractivity contribution >= 4 is 0 Å². The molecule has 4 aliphatic rings. The molecular formula is C38H32Cl2O2Zr2-2. The van der Waals surface area contributed by atoms with Crippen LogP contribution in [-0.2, 0) is 65.2 Å². The van der Waals surface area contributed by atoms with Crippen molar-refractivity contribution in [2.45, 2.75) is 25.7 Å². The van der Waals surface area contributed by atoms with Gasteiger partial charge in [0.2, 0.25) is 0 Å². The van der Waals surface area contributed by atoms with Gasteiger partial charge in [0, 0.05) is 11.5 Å². The third-order valence-electron chi connectivity index (χ3n) is 6.96. The van der Waals surface area contributed by atoms with E-state index in [-0.39, 0.29) is 77.2 Å². The maximum absolute atomic E-state index is 5.18. The third kappa shape index (κ3) is 10.4. The van der Waals surface area contributed by atoms with Crippen molar-refractivity contribution < 1.29 is 86.7 Å². The predicted molar refractivity (Wildman–Crippen MR) is 163 cm³/mol. The van der Waals surface area contributed by atoms with Gasteiger partial charge in [-0.3, -0.25) is 12.2 Å². The van der Waals surface area contributed by atoms with Gasteiger partial charge in [-0.25, -0.2) is 24.3 Å². The Morgan fingerprint density at radius 2 is 0.932 bits per heavy atom. The van der Waals surface area contributed by atoms with Gasteiger partial charge in [0.15, 0.2) is 0 Å². The number of hydrogen-bond acceptors (Lipinski definition) is 2. The molecule has 44 heavy (non-hydrogen) atoms. The molecule has 0 radical (unpaired) electrons. The first-order chi connectivity index (χ1) is 19.8. The number of methoxy groups -OCH3 is 2. The zero-order valence-corrected chi connectivity index (χ0v) is 31.2. The van der Waals surface area contributed by atoms with Gasteiger partial charge in [0.25, 0.3) is 0 Å². The Balaban J connectivity index is 0.000000314. The van der Waals surface area contributed by atoms with E-state index in [1.807, 2.05) is 36.4 Å². The van der Waals surface area contributed by atoms with Crippen LogP contribution in [0.15, 0.2) is 109 Å². The summed E-state index contributed by atoms with van der Waals surface area (Å²) in [5.41, 5.74) is 10.5. The second-order valence-electron chi connectivity index (χ2n) is 9.51. The Labute approximate surface area is 313 Å². The van der Waals surface area contributed by atoms with Crippen molar-refractivity contribution in [1.29, 1.82) is 0 Å². The number of halogens is 2. The summed E-state index contributed by atoms with van der Waals surface area (Å²) < 4.78 is 10.4. The number of benzene rings is 4. The van der Waals surface area contributed by atoms with E-state index >= 15 is 0 Å². The standard InChI is InChI=1S/2C14H11O.2C5H5.2ClH.2Zr/c2*1-15-12-6-7-14-11(9-12)8-10-4-2-3-5-13(10)14;2*1-2-4-5-3-1;;;;/h2*2-7H,8H2,1H3;2*1-3H,4H2;2*1H;;/q4*-1;;;2*+2/p-2. The topological polar surface area (TPSA) is 18.5 Å². The number of allylic oxidation sites excluding steroid dienone is 8. The molecule has 0 bridgehead atoms. The second-order valence-corrected chi connectivity index (χ2v) is 9.51. The fraction of sp³-hybridized carbons (Fsp3) is 0.158. The van der Waals surface area contributed by atoms with E-state index in [0.29, 0.717) is 0 Å². The first kappa shape index (κ1) is 39.8. The molecule has 0 saturated carbocycles. The zero-order valence-electron chi connectivity index (χ0n) is 24.8. The van der Waals surface area contributed by atoms with Crippen LogP contribution in [-0.4, -0.2) is 14.2 Å². The maximum atomic E-state index is 5.18. The first-order valence-electron chi connectivity index (χ1n) is 13.5. The maximum Gasteiger partial charge on any atom is 2.00 e. The molecule has 4 aromatic rings. The van der Waals surface area contributed by atoms with Crippen LogP contribution < -0.4 is 34.3 Å². The summed E-state index contributed by atoms with van der Waals surface area (Å²) >= 11 is 0. The molecule has 0 heterocycles. The monoisotopic (exact) mass is 770 g/mol. The minimum absolute atomic E-state index is 0. The van der Waals surface area contributed by atoms with Gasteiger partial charge in [0.05, 0.1) is 14.2 Å². The van der Waals surface area contributed by atoms with Crippen molar-refractivity contribution in [1.82, 2.24) is 0 Å². The van der Waals surface area contributed by atoms with E-state index in [1.54, 1.807) is 14.2 Å². The molecule has 0 aromatic heterocycles. The fourth-order valence-corrected chi connectivity index (χ4v) is 4.99. The average molecular weight is 774 g/mol. The van der Waals surface area contributed by atoms with Crippen molar-refractivity contribution in [3.8, 4) is 33.8 Å². The summed E-state index contributed by atoms with van der Waals surface area (Å²) in [4.78, 5) is 0. The summed E-state index contributed by atoms with van der Waals surface area (Å²) in [6.07, 6.45) is 21.9. The summed E-state index contributed by atoms with van der Waals surface area (Å²) in [7, 11) is 3.36. The smallest absolute Gasteiger partial charge is 1.00 e. The van der Waals surface area contributed by atoms with Crippen molar-refractivity contribution in [3.05, 3.63) is 156 Å². The van der Waals surface area contributed by atoms with Gasteiger partial charge in [-0.15, -0.1) is 59.4 Å². The van der Waals surface area contributed by atoms with Gasteiger partial charge in [-0.1, -0.05) is 70.8 Å². The Hall–Kier alpha value is -2.21. The molecule has 2 nitrogen and oxygen atoms in total. The molecular weight excluding hydrogens is 742 g/mol. The molecule has 0 spiro atoms. The predicted octanol–water partition coefficient (Wildman–Crippen LogP) is 2.75. The first-order valence-corrected chi connectivity index (χ1v) is 13.5. The molecule has 4 aromatic carbocycles. The largest absolute Gasteiger partial charge is 2.00 e. The van der Waals surface area contributed by atoms with Crippen LogP contribution >= 0.6 is 0 Å². The zero-order chi connectivity index (χ0) is 27.6.